The molecule has 72 valence electrons. The van der Waals surface area contributed by atoms with Crippen molar-refractivity contribution >= 4 is 22.1 Å². The fourth-order valence-electron chi connectivity index (χ4n) is 1.46. The molecular weight excluding hydrogens is 204 g/mol. The van der Waals surface area contributed by atoms with Gasteiger partial charge in [-0.3, -0.25) is 4.21 Å². The van der Waals surface area contributed by atoms with E-state index in [4.69, 9.17) is 0 Å². The first-order chi connectivity index (χ1) is 6.38. The van der Waals surface area contributed by atoms with Gasteiger partial charge in [0, 0.05) is 16.8 Å². The van der Waals surface area contributed by atoms with Gasteiger partial charge in [0.25, 0.3) is 0 Å². The molecule has 1 saturated heterocycles. The Morgan fingerprint density at radius 3 is 2.92 bits per heavy atom. The largest absolute Gasteiger partial charge is 0.317 e. The van der Waals surface area contributed by atoms with Gasteiger partial charge in [-0.05, 0) is 25.9 Å². The molecule has 0 aromatic carbocycles. The molecule has 0 unspecified atom stereocenters. The molecule has 1 N–H and O–H groups in total. The summed E-state index contributed by atoms with van der Waals surface area (Å²) in [7, 11) is -0.871. The third-order valence-electron chi connectivity index (χ3n) is 2.17. The lowest BCUT2D eigenvalue weighted by molar-refractivity contribution is 0.519. The van der Waals surface area contributed by atoms with Crippen molar-refractivity contribution in [3.05, 3.63) is 11.6 Å². The third kappa shape index (κ3) is 2.15. The van der Waals surface area contributed by atoms with E-state index in [0.717, 1.165) is 30.3 Å². The van der Waals surface area contributed by atoms with Crippen LogP contribution in [0.5, 0.6) is 0 Å². The van der Waals surface area contributed by atoms with Gasteiger partial charge in [-0.15, -0.1) is 11.3 Å². The fraction of sp³-hybridized carbons (Fsp3) is 0.625. The summed E-state index contributed by atoms with van der Waals surface area (Å²) in [6.45, 7) is 1.98. The summed E-state index contributed by atoms with van der Waals surface area (Å²) in [6.07, 6.45) is 3.73. The predicted octanol–water partition coefficient (Wildman–Crippen LogP) is 1.00. The molecule has 5 heteroatoms. The maximum absolute atomic E-state index is 11.9. The Bertz CT molecular complexity index is 280. The average molecular weight is 216 g/mol. The van der Waals surface area contributed by atoms with Gasteiger partial charge >= 0.3 is 0 Å². The number of thiazole rings is 1. The lowest BCUT2D eigenvalue weighted by Crippen LogP contribution is -2.33. The van der Waals surface area contributed by atoms with Crippen molar-refractivity contribution in [2.75, 3.05) is 13.1 Å². The minimum atomic E-state index is -0.871. The summed E-state index contributed by atoms with van der Waals surface area (Å²) >= 11 is 1.49. The maximum atomic E-state index is 11.9. The van der Waals surface area contributed by atoms with Crippen molar-refractivity contribution in [1.29, 1.82) is 0 Å². The third-order valence-corrected chi connectivity index (χ3v) is 5.04. The molecule has 0 amide bonds. The highest BCUT2D eigenvalue weighted by Crippen LogP contribution is 2.19. The molecule has 3 nitrogen and oxygen atoms in total. The van der Waals surface area contributed by atoms with E-state index < -0.39 is 10.8 Å². The predicted molar refractivity (Wildman–Crippen MR) is 54.4 cm³/mol. The SMILES string of the molecule is O=[S@@](c1nccs1)C1CCNCC1. The molecule has 0 saturated carbocycles. The summed E-state index contributed by atoms with van der Waals surface area (Å²) < 4.78 is 12.7. The Morgan fingerprint density at radius 1 is 1.54 bits per heavy atom. The van der Waals surface area contributed by atoms with Gasteiger partial charge in [0.2, 0.25) is 0 Å². The molecule has 0 spiro atoms. The van der Waals surface area contributed by atoms with Crippen molar-refractivity contribution in [2.45, 2.75) is 22.4 Å². The summed E-state index contributed by atoms with van der Waals surface area (Å²) in [5.74, 6) is 0. The molecule has 2 heterocycles. The van der Waals surface area contributed by atoms with Gasteiger partial charge in [-0.1, -0.05) is 0 Å². The molecule has 1 fully saturated rings. The molecule has 0 bridgehead atoms. The van der Waals surface area contributed by atoms with Gasteiger partial charge in [-0.2, -0.15) is 0 Å². The molecule has 1 aliphatic heterocycles. The van der Waals surface area contributed by atoms with Crippen LogP contribution in [-0.2, 0) is 10.8 Å². The van der Waals surface area contributed by atoms with E-state index in [9.17, 15) is 4.21 Å². The van der Waals surface area contributed by atoms with Gasteiger partial charge in [0.1, 0.15) is 0 Å². The first-order valence-corrected chi connectivity index (χ1v) is 6.48. The van der Waals surface area contributed by atoms with Crippen LogP contribution >= 0.6 is 11.3 Å². The molecule has 1 aromatic rings. The smallest absolute Gasteiger partial charge is 0.180 e. The van der Waals surface area contributed by atoms with E-state index in [1.54, 1.807) is 6.20 Å². The second-order valence-electron chi connectivity index (χ2n) is 3.04. The van der Waals surface area contributed by atoms with Crippen LogP contribution in [0, 0.1) is 0 Å². The van der Waals surface area contributed by atoms with Crippen LogP contribution in [0.25, 0.3) is 0 Å². The van der Waals surface area contributed by atoms with Crippen LogP contribution in [0.15, 0.2) is 15.9 Å². The number of aromatic nitrogens is 1. The zero-order chi connectivity index (χ0) is 9.10. The van der Waals surface area contributed by atoms with E-state index in [2.05, 4.69) is 10.3 Å². The number of nitrogens with zero attached hydrogens (tertiary/aromatic N) is 1. The van der Waals surface area contributed by atoms with Crippen LogP contribution in [0.3, 0.4) is 0 Å². The van der Waals surface area contributed by atoms with Gasteiger partial charge in [0.15, 0.2) is 4.34 Å². The molecule has 0 aliphatic carbocycles. The van der Waals surface area contributed by atoms with E-state index in [-0.39, 0.29) is 0 Å². The van der Waals surface area contributed by atoms with E-state index in [0.29, 0.717) is 5.25 Å². The normalized spacial score (nSPS) is 21.5. The number of nitrogens with one attached hydrogen (secondary N) is 1. The zero-order valence-corrected chi connectivity index (χ0v) is 8.87. The molecular formula is C8H12N2OS2. The highest BCUT2D eigenvalue weighted by atomic mass is 32.2. The maximum Gasteiger partial charge on any atom is 0.180 e. The standard InChI is InChI=1S/C8H12N2OS2/c11-13(8-10-5-6-12-8)7-1-3-9-4-2-7/h5-7,9H,1-4H2/t13-/m1/s1. The number of piperidine rings is 1. The van der Waals surface area contributed by atoms with Gasteiger partial charge in [0.05, 0.1) is 10.8 Å². The van der Waals surface area contributed by atoms with Crippen LogP contribution < -0.4 is 5.32 Å². The molecule has 2 rings (SSSR count). The minimum absolute atomic E-state index is 0.312. The van der Waals surface area contributed by atoms with Crippen LogP contribution in [0.2, 0.25) is 0 Å². The highest BCUT2D eigenvalue weighted by molar-refractivity contribution is 7.87. The molecule has 0 radical (unpaired) electrons. The molecule has 1 atom stereocenters. The molecule has 1 aromatic heterocycles. The summed E-state index contributed by atoms with van der Waals surface area (Å²) in [5, 5.41) is 5.46. The lowest BCUT2D eigenvalue weighted by Gasteiger charge is -2.20. The minimum Gasteiger partial charge on any atom is -0.317 e. The Balaban J connectivity index is 2.04. The van der Waals surface area contributed by atoms with E-state index in [1.807, 2.05) is 5.38 Å². The van der Waals surface area contributed by atoms with Crippen molar-refractivity contribution in [1.82, 2.24) is 10.3 Å². The van der Waals surface area contributed by atoms with Gasteiger partial charge < -0.3 is 5.32 Å². The number of hydrogen-bond donors (Lipinski definition) is 1. The average Bonchev–Trinajstić information content (AvgIpc) is 2.71. The van der Waals surface area contributed by atoms with Crippen molar-refractivity contribution in [3.63, 3.8) is 0 Å². The topological polar surface area (TPSA) is 42.0 Å². The Morgan fingerprint density at radius 2 is 2.31 bits per heavy atom. The summed E-state index contributed by atoms with van der Waals surface area (Å²) in [4.78, 5) is 4.09. The highest BCUT2D eigenvalue weighted by Gasteiger charge is 2.22. The quantitative estimate of drug-likeness (QED) is 0.802. The molecule has 1 aliphatic rings. The summed E-state index contributed by atoms with van der Waals surface area (Å²) in [5.41, 5.74) is 0. The first-order valence-electron chi connectivity index (χ1n) is 4.39. The fourth-order valence-corrected chi connectivity index (χ4v) is 3.89. The van der Waals surface area contributed by atoms with Gasteiger partial charge in [-0.25, -0.2) is 4.98 Å². The second kappa shape index (κ2) is 4.30. The second-order valence-corrected chi connectivity index (χ2v) is 5.85. The van der Waals surface area contributed by atoms with Crippen molar-refractivity contribution < 1.29 is 4.21 Å². The monoisotopic (exact) mass is 216 g/mol. The Hall–Kier alpha value is -0.260. The van der Waals surface area contributed by atoms with Crippen LogP contribution in [0.4, 0.5) is 0 Å². The lowest BCUT2D eigenvalue weighted by atomic mass is 10.2. The van der Waals surface area contributed by atoms with Crippen LogP contribution in [-0.4, -0.2) is 27.5 Å². The summed E-state index contributed by atoms with van der Waals surface area (Å²) in [6, 6.07) is 0. The van der Waals surface area contributed by atoms with E-state index >= 15 is 0 Å². The molecule has 13 heavy (non-hydrogen) atoms. The van der Waals surface area contributed by atoms with Crippen molar-refractivity contribution in [3.8, 4) is 0 Å². The Labute approximate surface area is 84.0 Å². The van der Waals surface area contributed by atoms with Crippen LogP contribution in [0.1, 0.15) is 12.8 Å². The Kier molecular flexibility index (Phi) is 3.08. The number of rotatable bonds is 2. The zero-order valence-electron chi connectivity index (χ0n) is 7.23. The number of hydrogen-bond acceptors (Lipinski definition) is 4. The first kappa shape index (κ1) is 9.30. The van der Waals surface area contributed by atoms with E-state index in [1.165, 1.54) is 11.3 Å². The van der Waals surface area contributed by atoms with Crippen molar-refractivity contribution in [2.24, 2.45) is 0 Å².